The van der Waals surface area contributed by atoms with Crippen molar-refractivity contribution >= 4 is 49.6 Å². The van der Waals surface area contributed by atoms with Crippen LogP contribution in [0.3, 0.4) is 0 Å². The van der Waals surface area contributed by atoms with Crippen molar-refractivity contribution in [1.82, 2.24) is 4.57 Å². The maximum absolute atomic E-state index is 2.64. The van der Waals surface area contributed by atoms with Gasteiger partial charge in [0.15, 0.2) is 0 Å². The quantitative estimate of drug-likeness (QED) is 0.147. The van der Waals surface area contributed by atoms with Crippen LogP contribution in [-0.4, -0.2) is 4.57 Å². The van der Waals surface area contributed by atoms with Gasteiger partial charge in [0.1, 0.15) is 0 Å². The molecule has 1 spiro atoms. The van der Waals surface area contributed by atoms with Crippen molar-refractivity contribution in [1.29, 1.82) is 0 Å². The highest BCUT2D eigenvalue weighted by Gasteiger charge is 2.61. The summed E-state index contributed by atoms with van der Waals surface area (Å²) in [5.74, 6) is 3.91. The molecule has 6 aliphatic rings. The second kappa shape index (κ2) is 17.6. The number of para-hydroxylation sites is 3. The lowest BCUT2D eigenvalue weighted by atomic mass is 9.43. The van der Waals surface area contributed by atoms with Crippen LogP contribution in [0.5, 0.6) is 0 Å². The summed E-state index contributed by atoms with van der Waals surface area (Å²) in [7, 11) is 0. The van der Waals surface area contributed by atoms with Gasteiger partial charge in [-0.3, -0.25) is 0 Å². The van der Waals surface area contributed by atoms with Gasteiger partial charge in [0.2, 0.25) is 0 Å². The Hall–Kier alpha value is -7.94. The number of nitrogens with zero attached hydrogens (tertiary/aromatic N) is 2. The van der Waals surface area contributed by atoms with Crippen molar-refractivity contribution in [2.75, 3.05) is 4.90 Å². The van der Waals surface area contributed by atoms with E-state index in [1.54, 1.807) is 11.1 Å². The molecular formula is C74H62N2. The second-order valence-corrected chi connectivity index (χ2v) is 23.4. The minimum Gasteiger partial charge on any atom is -0.310 e. The Morgan fingerprint density at radius 1 is 0.395 bits per heavy atom. The molecule has 10 aromatic carbocycles. The van der Waals surface area contributed by atoms with E-state index in [1.807, 2.05) is 0 Å². The number of aromatic nitrogens is 1. The zero-order chi connectivity index (χ0) is 49.9. The number of hydrogen-bond donors (Lipinski definition) is 0. The van der Waals surface area contributed by atoms with Crippen LogP contribution in [0.15, 0.2) is 224 Å². The van der Waals surface area contributed by atoms with Gasteiger partial charge < -0.3 is 9.47 Å². The SMILES string of the molecule is c1ccc(-n2c3ccccc3c3c(-c4ccc(N(c5ccc(-c6ccc7c(c6)C6(c8ccccc8-7)C7CC8CC(C7)CC6C8)cc5)c5ccccc5-c5cccc6cccc(C7CCCCC7)c56)cc4)cccc32)cc1. The Kier molecular flexibility index (Phi) is 10.3. The van der Waals surface area contributed by atoms with Crippen LogP contribution >= 0.6 is 0 Å². The minimum absolute atomic E-state index is 0.144. The standard InChI is InChI=1S/C74H62N2/c1-3-16-51(17-4-1)60-25-13-18-53-19-14-27-65(72(53)60)64-23-8-11-29-69(64)75(59-39-34-52(35-40-59)61-26-15-31-71-73(61)66-24-9-12-30-70(66)76(71)57-20-5-2-6-21-57)58-37-32-50(33-38-58)54-36-41-63-62-22-7-10-28-67(62)74(68(63)47-54)55-43-48-42-49(45-55)46-56(74)44-48/h2,5-15,18-41,47-49,51,55-56H,1,3-4,16-17,42-46H2. The molecule has 0 saturated heterocycles. The van der Waals surface area contributed by atoms with Crippen molar-refractivity contribution in [3.05, 3.63) is 241 Å². The zero-order valence-corrected chi connectivity index (χ0v) is 43.2. The van der Waals surface area contributed by atoms with Gasteiger partial charge in [0.25, 0.3) is 0 Å². The lowest BCUT2D eigenvalue weighted by Crippen LogP contribution is -2.55. The number of fused-ring (bicyclic) bond motifs is 7. The average Bonchev–Trinajstić information content (AvgIpc) is 4.04. The third kappa shape index (κ3) is 6.72. The number of anilines is 3. The first-order chi connectivity index (χ1) is 37.7. The molecule has 0 unspecified atom stereocenters. The lowest BCUT2D eigenvalue weighted by Gasteiger charge is -2.61. The van der Waals surface area contributed by atoms with Crippen LogP contribution in [0.25, 0.3) is 82.8 Å². The summed E-state index contributed by atoms with van der Waals surface area (Å²) in [4.78, 5) is 2.52. The Morgan fingerprint density at radius 3 is 1.76 bits per heavy atom. The molecule has 17 rings (SSSR count). The van der Waals surface area contributed by atoms with Crippen molar-refractivity contribution in [2.24, 2.45) is 23.7 Å². The molecular weight excluding hydrogens is 917 g/mol. The summed E-state index contributed by atoms with van der Waals surface area (Å²) in [6.45, 7) is 0. The van der Waals surface area contributed by atoms with E-state index in [1.165, 1.54) is 158 Å². The molecule has 2 heteroatoms. The molecule has 5 saturated carbocycles. The van der Waals surface area contributed by atoms with Gasteiger partial charge in [-0.1, -0.05) is 183 Å². The van der Waals surface area contributed by atoms with Gasteiger partial charge in [-0.2, -0.15) is 0 Å². The van der Waals surface area contributed by atoms with Gasteiger partial charge in [-0.25, -0.2) is 0 Å². The minimum atomic E-state index is 0.144. The van der Waals surface area contributed by atoms with Crippen LogP contribution in [-0.2, 0) is 5.41 Å². The Morgan fingerprint density at radius 2 is 0.987 bits per heavy atom. The molecule has 11 aromatic rings. The molecule has 76 heavy (non-hydrogen) atoms. The Bertz CT molecular complexity index is 4010. The Labute approximate surface area is 447 Å². The molecule has 368 valence electrons. The van der Waals surface area contributed by atoms with Crippen molar-refractivity contribution in [3.8, 4) is 50.2 Å². The molecule has 5 fully saturated rings. The molecule has 0 N–H and O–H groups in total. The third-order valence-corrected chi connectivity index (χ3v) is 19.6. The van der Waals surface area contributed by atoms with Crippen molar-refractivity contribution in [3.63, 3.8) is 0 Å². The molecule has 6 aliphatic carbocycles. The van der Waals surface area contributed by atoms with E-state index in [0.29, 0.717) is 5.92 Å². The summed E-state index contributed by atoms with van der Waals surface area (Å²) >= 11 is 0. The smallest absolute Gasteiger partial charge is 0.0547 e. The van der Waals surface area contributed by atoms with Gasteiger partial charge in [0.05, 0.1) is 16.7 Å². The summed E-state index contributed by atoms with van der Waals surface area (Å²) in [5, 5.41) is 5.28. The predicted octanol–water partition coefficient (Wildman–Crippen LogP) is 20.2. The predicted molar refractivity (Wildman–Crippen MR) is 318 cm³/mol. The highest BCUT2D eigenvalue weighted by atomic mass is 15.1. The topological polar surface area (TPSA) is 8.17 Å². The fourth-order valence-corrected chi connectivity index (χ4v) is 16.7. The van der Waals surface area contributed by atoms with Gasteiger partial charge in [-0.05, 0) is 202 Å². The zero-order valence-electron chi connectivity index (χ0n) is 43.2. The largest absolute Gasteiger partial charge is 0.310 e. The molecule has 4 bridgehead atoms. The fraction of sp³-hybridized carbons (Fsp3) is 0.216. The lowest BCUT2D eigenvalue weighted by molar-refractivity contribution is -0.0399. The van der Waals surface area contributed by atoms with E-state index >= 15 is 0 Å². The molecule has 1 heterocycles. The first kappa shape index (κ1) is 44.4. The van der Waals surface area contributed by atoms with E-state index in [9.17, 15) is 0 Å². The first-order valence-electron chi connectivity index (χ1n) is 28.6. The second-order valence-electron chi connectivity index (χ2n) is 23.4. The number of hydrogen-bond acceptors (Lipinski definition) is 1. The number of rotatable bonds is 8. The molecule has 2 nitrogen and oxygen atoms in total. The molecule has 0 radical (unpaired) electrons. The molecule has 0 atom stereocenters. The highest BCUT2D eigenvalue weighted by Crippen LogP contribution is 2.69. The van der Waals surface area contributed by atoms with E-state index in [-0.39, 0.29) is 5.41 Å². The van der Waals surface area contributed by atoms with Crippen LogP contribution in [0.1, 0.15) is 86.8 Å². The van der Waals surface area contributed by atoms with Gasteiger partial charge in [0, 0.05) is 38.8 Å². The van der Waals surface area contributed by atoms with E-state index < -0.39 is 0 Å². The van der Waals surface area contributed by atoms with Gasteiger partial charge >= 0.3 is 0 Å². The average molecular weight is 979 g/mol. The molecule has 0 amide bonds. The summed E-state index contributed by atoms with van der Waals surface area (Å²) in [5.41, 5.74) is 22.5. The van der Waals surface area contributed by atoms with Crippen molar-refractivity contribution < 1.29 is 0 Å². The van der Waals surface area contributed by atoms with Crippen molar-refractivity contribution in [2.45, 2.75) is 75.5 Å². The maximum Gasteiger partial charge on any atom is 0.0547 e. The van der Waals surface area contributed by atoms with Gasteiger partial charge in [-0.15, -0.1) is 0 Å². The first-order valence-corrected chi connectivity index (χ1v) is 28.6. The maximum atomic E-state index is 2.64. The van der Waals surface area contributed by atoms with E-state index in [0.717, 1.165) is 35.0 Å². The normalized spacial score (nSPS) is 21.4. The Balaban J connectivity index is 0.837. The highest BCUT2D eigenvalue weighted by molar-refractivity contribution is 6.16. The van der Waals surface area contributed by atoms with Crippen LogP contribution in [0.4, 0.5) is 17.1 Å². The van der Waals surface area contributed by atoms with E-state index in [4.69, 9.17) is 0 Å². The molecule has 1 aromatic heterocycles. The fourth-order valence-electron chi connectivity index (χ4n) is 16.7. The monoisotopic (exact) mass is 978 g/mol. The van der Waals surface area contributed by atoms with E-state index in [2.05, 4.69) is 234 Å². The van der Waals surface area contributed by atoms with Crippen LogP contribution < -0.4 is 4.90 Å². The molecule has 0 aliphatic heterocycles. The summed E-state index contributed by atoms with van der Waals surface area (Å²) in [6, 6.07) is 85.7. The van der Waals surface area contributed by atoms with Crippen LogP contribution in [0, 0.1) is 23.7 Å². The number of benzene rings is 10. The third-order valence-electron chi connectivity index (χ3n) is 19.6. The summed E-state index contributed by atoms with van der Waals surface area (Å²) in [6.07, 6.45) is 13.5. The summed E-state index contributed by atoms with van der Waals surface area (Å²) < 4.78 is 2.42. The van der Waals surface area contributed by atoms with Crippen LogP contribution in [0.2, 0.25) is 0 Å².